The zero-order valence-electron chi connectivity index (χ0n) is 15.4. The van der Waals surface area contributed by atoms with E-state index in [1.54, 1.807) is 32.1 Å². The highest BCUT2D eigenvalue weighted by molar-refractivity contribution is 5.93. The van der Waals surface area contributed by atoms with Gasteiger partial charge in [-0.15, -0.1) is 0 Å². The minimum absolute atomic E-state index is 0.0933. The standard InChI is InChI=1S/C18H25N3O5/c1-5-26-18(23)21-8-6-20(7-9-21)15-14-11(2)16(25-4)13(24-3)10-12(14)19-17(15)22/h10,15-16H,2,5-9H2,1,3-4H3,(H,19,22). The summed E-state index contributed by atoms with van der Waals surface area (Å²) >= 11 is 0. The number of allylic oxidation sites excluding steroid dienone is 1. The van der Waals surface area contributed by atoms with Crippen LogP contribution in [-0.2, 0) is 19.0 Å². The number of carbonyl (C=O) groups excluding carboxylic acids is 2. The molecule has 0 spiro atoms. The summed E-state index contributed by atoms with van der Waals surface area (Å²) in [6.07, 6.45) is 1.08. The highest BCUT2D eigenvalue weighted by Crippen LogP contribution is 2.36. The highest BCUT2D eigenvalue weighted by atomic mass is 16.6. The predicted molar refractivity (Wildman–Crippen MR) is 94.2 cm³/mol. The average molecular weight is 363 g/mol. The lowest BCUT2D eigenvalue weighted by Crippen LogP contribution is -2.54. The maximum absolute atomic E-state index is 12.6. The first-order valence-electron chi connectivity index (χ1n) is 8.70. The third kappa shape index (κ3) is 3.10. The lowest BCUT2D eigenvalue weighted by Gasteiger charge is -2.38. The van der Waals surface area contributed by atoms with Crippen molar-refractivity contribution in [1.82, 2.24) is 15.1 Å². The van der Waals surface area contributed by atoms with E-state index in [4.69, 9.17) is 14.2 Å². The fourth-order valence-corrected chi connectivity index (χ4v) is 3.69. The number of amides is 2. The molecule has 142 valence electrons. The van der Waals surface area contributed by atoms with E-state index in [9.17, 15) is 9.59 Å². The van der Waals surface area contributed by atoms with E-state index in [1.807, 2.05) is 0 Å². The van der Waals surface area contributed by atoms with Gasteiger partial charge in [0, 0.05) is 50.6 Å². The molecular formula is C18H25N3O5. The van der Waals surface area contributed by atoms with Crippen LogP contribution in [0.5, 0.6) is 0 Å². The average Bonchev–Trinajstić information content (AvgIpc) is 2.98. The van der Waals surface area contributed by atoms with Crippen LogP contribution in [0.2, 0.25) is 0 Å². The molecule has 2 heterocycles. The van der Waals surface area contributed by atoms with Crippen molar-refractivity contribution in [2.45, 2.75) is 19.1 Å². The lowest BCUT2D eigenvalue weighted by atomic mass is 9.89. The van der Waals surface area contributed by atoms with Crippen LogP contribution in [0.15, 0.2) is 35.3 Å². The molecule has 0 aromatic carbocycles. The van der Waals surface area contributed by atoms with Crippen molar-refractivity contribution >= 4 is 12.0 Å². The summed E-state index contributed by atoms with van der Waals surface area (Å²) in [6.45, 7) is 8.49. The van der Waals surface area contributed by atoms with E-state index >= 15 is 0 Å². The molecule has 8 heteroatoms. The summed E-state index contributed by atoms with van der Waals surface area (Å²) in [5, 5.41) is 2.92. The molecular weight excluding hydrogens is 338 g/mol. The molecule has 0 saturated carbocycles. The monoisotopic (exact) mass is 363 g/mol. The fraction of sp³-hybridized carbons (Fsp3) is 0.556. The van der Waals surface area contributed by atoms with Gasteiger partial charge in [-0.25, -0.2) is 4.79 Å². The molecule has 8 nitrogen and oxygen atoms in total. The number of nitrogens with one attached hydrogen (secondary N) is 1. The molecule has 1 aliphatic carbocycles. The molecule has 2 aliphatic heterocycles. The molecule has 0 aromatic heterocycles. The van der Waals surface area contributed by atoms with Crippen molar-refractivity contribution in [3.05, 3.63) is 35.3 Å². The second kappa shape index (κ2) is 7.51. The molecule has 0 aromatic rings. The van der Waals surface area contributed by atoms with E-state index < -0.39 is 12.1 Å². The minimum atomic E-state index is -0.436. The van der Waals surface area contributed by atoms with Gasteiger partial charge in [-0.05, 0) is 12.5 Å². The van der Waals surface area contributed by atoms with Crippen LogP contribution in [-0.4, -0.2) is 81.0 Å². The molecule has 0 radical (unpaired) electrons. The van der Waals surface area contributed by atoms with Crippen LogP contribution >= 0.6 is 0 Å². The van der Waals surface area contributed by atoms with Gasteiger partial charge in [0.1, 0.15) is 17.9 Å². The summed E-state index contributed by atoms with van der Waals surface area (Å²) in [6, 6.07) is -0.436. The Morgan fingerprint density at radius 3 is 2.58 bits per heavy atom. The normalized spacial score (nSPS) is 26.4. The molecule has 0 bridgehead atoms. The van der Waals surface area contributed by atoms with Crippen LogP contribution in [0.1, 0.15) is 6.92 Å². The van der Waals surface area contributed by atoms with Crippen LogP contribution in [0.25, 0.3) is 0 Å². The van der Waals surface area contributed by atoms with Crippen LogP contribution in [0.3, 0.4) is 0 Å². The molecule has 3 aliphatic rings. The van der Waals surface area contributed by atoms with Gasteiger partial charge in [0.25, 0.3) is 0 Å². The fourth-order valence-electron chi connectivity index (χ4n) is 3.69. The number of hydrogen-bond donors (Lipinski definition) is 1. The van der Waals surface area contributed by atoms with E-state index in [2.05, 4.69) is 16.8 Å². The number of carbonyl (C=O) groups is 2. The summed E-state index contributed by atoms with van der Waals surface area (Å²) in [4.78, 5) is 28.2. The molecule has 1 saturated heterocycles. The zero-order chi connectivity index (χ0) is 18.8. The van der Waals surface area contributed by atoms with Gasteiger partial charge in [-0.2, -0.15) is 0 Å². The van der Waals surface area contributed by atoms with E-state index in [0.717, 1.165) is 11.1 Å². The Balaban J connectivity index is 1.78. The quantitative estimate of drug-likeness (QED) is 0.789. The van der Waals surface area contributed by atoms with Gasteiger partial charge in [0.2, 0.25) is 5.91 Å². The van der Waals surface area contributed by atoms with Gasteiger partial charge in [0.05, 0.1) is 13.7 Å². The van der Waals surface area contributed by atoms with Gasteiger partial charge in [-0.3, -0.25) is 9.69 Å². The zero-order valence-corrected chi connectivity index (χ0v) is 15.4. The Morgan fingerprint density at radius 2 is 2.00 bits per heavy atom. The number of ether oxygens (including phenoxy) is 3. The molecule has 2 atom stereocenters. The summed E-state index contributed by atoms with van der Waals surface area (Å²) in [5.41, 5.74) is 2.27. The van der Waals surface area contributed by atoms with Crippen molar-refractivity contribution in [2.24, 2.45) is 0 Å². The molecule has 26 heavy (non-hydrogen) atoms. The number of methoxy groups -OCH3 is 2. The Kier molecular flexibility index (Phi) is 5.33. The van der Waals surface area contributed by atoms with Crippen LogP contribution < -0.4 is 5.32 Å². The van der Waals surface area contributed by atoms with Gasteiger partial charge in [-0.1, -0.05) is 6.58 Å². The van der Waals surface area contributed by atoms with Crippen LogP contribution in [0, 0.1) is 0 Å². The Labute approximate surface area is 153 Å². The molecule has 2 amide bonds. The number of rotatable bonds is 4. The third-order valence-corrected chi connectivity index (χ3v) is 4.95. The van der Waals surface area contributed by atoms with Crippen molar-refractivity contribution in [3.63, 3.8) is 0 Å². The lowest BCUT2D eigenvalue weighted by molar-refractivity contribution is -0.123. The second-order valence-corrected chi connectivity index (χ2v) is 6.33. The van der Waals surface area contributed by atoms with Crippen molar-refractivity contribution in [1.29, 1.82) is 0 Å². The number of piperazine rings is 1. The third-order valence-electron chi connectivity index (χ3n) is 4.95. The second-order valence-electron chi connectivity index (χ2n) is 6.33. The van der Waals surface area contributed by atoms with Crippen molar-refractivity contribution in [2.75, 3.05) is 47.0 Å². The maximum atomic E-state index is 12.6. The molecule has 3 rings (SSSR count). The minimum Gasteiger partial charge on any atom is -0.498 e. The summed E-state index contributed by atoms with van der Waals surface area (Å²) in [7, 11) is 3.16. The van der Waals surface area contributed by atoms with E-state index in [1.165, 1.54) is 0 Å². The van der Waals surface area contributed by atoms with Crippen molar-refractivity contribution in [3.8, 4) is 0 Å². The Morgan fingerprint density at radius 1 is 1.31 bits per heavy atom. The summed E-state index contributed by atoms with van der Waals surface area (Å²) in [5.74, 6) is 0.522. The largest absolute Gasteiger partial charge is 0.498 e. The Bertz CT molecular complexity index is 676. The van der Waals surface area contributed by atoms with Crippen LogP contribution in [0.4, 0.5) is 4.79 Å². The number of hydrogen-bond acceptors (Lipinski definition) is 6. The first kappa shape index (κ1) is 18.5. The first-order chi connectivity index (χ1) is 12.5. The SMILES string of the molecule is C=C1C2=C(C=C(OC)C1OC)NC(=O)C2N1CCN(C(=O)OCC)CC1. The van der Waals surface area contributed by atoms with Gasteiger partial charge < -0.3 is 24.4 Å². The maximum Gasteiger partial charge on any atom is 0.409 e. The van der Waals surface area contributed by atoms with Gasteiger partial charge >= 0.3 is 6.09 Å². The molecule has 1 fully saturated rings. The molecule has 1 N–H and O–H groups in total. The number of nitrogens with zero attached hydrogens (tertiary/aromatic N) is 2. The van der Waals surface area contributed by atoms with E-state index in [-0.39, 0.29) is 12.0 Å². The highest BCUT2D eigenvalue weighted by Gasteiger charge is 2.44. The van der Waals surface area contributed by atoms with Gasteiger partial charge in [0.15, 0.2) is 0 Å². The molecule has 2 unspecified atom stereocenters. The topological polar surface area (TPSA) is 80.3 Å². The van der Waals surface area contributed by atoms with Crippen molar-refractivity contribution < 1.29 is 23.8 Å². The predicted octanol–water partition coefficient (Wildman–Crippen LogP) is 0.628. The summed E-state index contributed by atoms with van der Waals surface area (Å²) < 4.78 is 15.9. The van der Waals surface area contributed by atoms with E-state index in [0.29, 0.717) is 44.2 Å². The Hall–Kier alpha value is -2.32. The smallest absolute Gasteiger partial charge is 0.409 e. The first-order valence-corrected chi connectivity index (χ1v) is 8.70.